The number of ketones is 1. The van der Waals surface area contributed by atoms with E-state index in [2.05, 4.69) is 59.6 Å². The van der Waals surface area contributed by atoms with Crippen molar-refractivity contribution in [3.63, 3.8) is 0 Å². The van der Waals surface area contributed by atoms with Crippen molar-refractivity contribution in [2.75, 3.05) is 0 Å². The van der Waals surface area contributed by atoms with Crippen LogP contribution < -0.4 is 0 Å². The Bertz CT molecular complexity index is 647. The van der Waals surface area contributed by atoms with Gasteiger partial charge in [-0.05, 0) is 23.0 Å². The van der Waals surface area contributed by atoms with Crippen LogP contribution in [-0.2, 0) is 0 Å². The van der Waals surface area contributed by atoms with Crippen molar-refractivity contribution in [1.82, 2.24) is 0 Å². The van der Waals surface area contributed by atoms with Crippen molar-refractivity contribution in [2.24, 2.45) is 11.8 Å². The predicted octanol–water partition coefficient (Wildman–Crippen LogP) is 7.10. The maximum atomic E-state index is 13.3. The number of halogens is 2. The number of hydrogen-bond acceptors (Lipinski definition) is 1. The molecule has 2 rings (SSSR count). The summed E-state index contributed by atoms with van der Waals surface area (Å²) in [5.74, 6) is 0.916. The highest BCUT2D eigenvalue weighted by Crippen LogP contribution is 2.36. The molecule has 2 aromatic carbocycles. The molecule has 0 bridgehead atoms. The molecule has 0 aliphatic rings. The minimum absolute atomic E-state index is 0.0939. The number of carbonyl (C=O) groups excluding carboxylic acids is 1. The van der Waals surface area contributed by atoms with Gasteiger partial charge in [-0.15, -0.1) is 0 Å². The third-order valence-corrected chi connectivity index (χ3v) is 7.28. The fourth-order valence-electron chi connectivity index (χ4n) is 2.75. The van der Waals surface area contributed by atoms with Crippen LogP contribution in [0.4, 0.5) is 0 Å². The first-order valence-electron chi connectivity index (χ1n) is 8.35. The molecule has 0 radical (unpaired) electrons. The van der Waals surface area contributed by atoms with Crippen molar-refractivity contribution >= 4 is 37.6 Å². The molecule has 0 aliphatic carbocycles. The van der Waals surface area contributed by atoms with Crippen LogP contribution in [0.2, 0.25) is 0 Å². The predicted molar refractivity (Wildman–Crippen MR) is 109 cm³/mol. The molecule has 0 N–H and O–H groups in total. The van der Waals surface area contributed by atoms with Crippen molar-refractivity contribution < 1.29 is 4.79 Å². The lowest BCUT2D eigenvalue weighted by Gasteiger charge is -2.20. The Kier molecular flexibility index (Phi) is 6.82. The Morgan fingerprint density at radius 3 is 1.38 bits per heavy atom. The molecule has 2 atom stereocenters. The summed E-state index contributed by atoms with van der Waals surface area (Å²) in [5.41, 5.74) is 3.68. The van der Waals surface area contributed by atoms with E-state index in [4.69, 9.17) is 0 Å². The van der Waals surface area contributed by atoms with Crippen LogP contribution in [0.3, 0.4) is 0 Å². The molecule has 0 aromatic heterocycles. The van der Waals surface area contributed by atoms with E-state index in [1.54, 1.807) is 0 Å². The van der Waals surface area contributed by atoms with Gasteiger partial charge in [-0.3, -0.25) is 4.79 Å². The molecule has 2 aromatic rings. The third-order valence-electron chi connectivity index (χ3n) is 4.18. The smallest absolute Gasteiger partial charge is 0.193 e. The van der Waals surface area contributed by atoms with Crippen LogP contribution in [0.5, 0.6) is 0 Å². The van der Waals surface area contributed by atoms with Gasteiger partial charge < -0.3 is 0 Å². The first-order valence-corrected chi connectivity index (χ1v) is 10.2. The van der Waals surface area contributed by atoms with Gasteiger partial charge in [0.15, 0.2) is 5.78 Å². The molecular weight excluding hydrogens is 428 g/mol. The van der Waals surface area contributed by atoms with Crippen molar-refractivity contribution in [3.8, 4) is 0 Å². The molecule has 0 spiro atoms. The largest absolute Gasteiger partial charge is 0.289 e. The highest BCUT2D eigenvalue weighted by Gasteiger charge is 2.24. The summed E-state index contributed by atoms with van der Waals surface area (Å²) < 4.78 is 0. The molecule has 0 fully saturated rings. The fraction of sp³-hybridized carbons (Fsp3) is 0.381. The Labute approximate surface area is 162 Å². The summed E-state index contributed by atoms with van der Waals surface area (Å²) in [6, 6.07) is 15.8. The second kappa shape index (κ2) is 8.44. The minimum atomic E-state index is 0.0939. The van der Waals surface area contributed by atoms with Gasteiger partial charge in [-0.2, -0.15) is 0 Å². The lowest BCUT2D eigenvalue weighted by Crippen LogP contribution is -2.13. The van der Waals surface area contributed by atoms with Crippen LogP contribution in [-0.4, -0.2) is 5.78 Å². The van der Waals surface area contributed by atoms with E-state index >= 15 is 0 Å². The molecule has 24 heavy (non-hydrogen) atoms. The summed E-state index contributed by atoms with van der Waals surface area (Å²) in [5, 5.41) is 0. The quantitative estimate of drug-likeness (QED) is 0.338. The van der Waals surface area contributed by atoms with Gasteiger partial charge in [0.25, 0.3) is 0 Å². The Morgan fingerprint density at radius 1 is 0.708 bits per heavy atom. The van der Waals surface area contributed by atoms with Crippen LogP contribution in [0.15, 0.2) is 48.5 Å². The van der Waals surface area contributed by atoms with E-state index in [1.807, 2.05) is 48.5 Å². The summed E-state index contributed by atoms with van der Waals surface area (Å²) in [7, 11) is 0. The molecule has 2 unspecified atom stereocenters. The van der Waals surface area contributed by atoms with Gasteiger partial charge in [-0.25, -0.2) is 0 Å². The second-order valence-electron chi connectivity index (χ2n) is 6.80. The third kappa shape index (κ3) is 4.18. The maximum absolute atomic E-state index is 13.3. The molecule has 0 amide bonds. The molecular formula is C21H24Br2O. The number of alkyl halides is 2. The van der Waals surface area contributed by atoms with Gasteiger partial charge >= 0.3 is 0 Å². The average Bonchev–Trinajstić information content (AvgIpc) is 2.59. The Balaban J connectivity index is 2.52. The zero-order chi connectivity index (χ0) is 17.9. The zero-order valence-electron chi connectivity index (χ0n) is 14.6. The van der Waals surface area contributed by atoms with E-state index in [1.165, 1.54) is 0 Å². The topological polar surface area (TPSA) is 17.1 Å². The van der Waals surface area contributed by atoms with E-state index in [0.717, 1.165) is 22.3 Å². The van der Waals surface area contributed by atoms with Gasteiger partial charge in [0, 0.05) is 20.8 Å². The first kappa shape index (κ1) is 19.4. The van der Waals surface area contributed by atoms with Gasteiger partial charge in [0.1, 0.15) is 0 Å². The second-order valence-corrected chi connectivity index (χ2v) is 8.77. The first-order chi connectivity index (χ1) is 11.3. The minimum Gasteiger partial charge on any atom is -0.289 e. The maximum Gasteiger partial charge on any atom is 0.193 e. The summed E-state index contributed by atoms with van der Waals surface area (Å²) >= 11 is 7.50. The average molecular weight is 452 g/mol. The van der Waals surface area contributed by atoms with Gasteiger partial charge in [0.2, 0.25) is 0 Å². The lowest BCUT2D eigenvalue weighted by molar-refractivity contribution is 0.103. The molecule has 0 aliphatic heterocycles. The molecule has 0 saturated carbocycles. The van der Waals surface area contributed by atoms with Gasteiger partial charge in [-0.1, -0.05) is 108 Å². The molecule has 128 valence electrons. The number of carbonyl (C=O) groups is 1. The normalized spacial score (nSPS) is 14.0. The van der Waals surface area contributed by atoms with Crippen LogP contribution >= 0.6 is 31.9 Å². The summed E-state index contributed by atoms with van der Waals surface area (Å²) in [6.07, 6.45) is 0. The van der Waals surface area contributed by atoms with Gasteiger partial charge in [0.05, 0.1) is 0 Å². The number of benzene rings is 2. The van der Waals surface area contributed by atoms with Crippen LogP contribution in [0, 0.1) is 11.8 Å². The Hall–Kier alpha value is -0.930. The SMILES string of the molecule is CC(C)C(Br)c1ccccc1C(=O)c1ccccc1C(Br)C(C)C. The number of hydrogen-bond donors (Lipinski definition) is 0. The van der Waals surface area contributed by atoms with Crippen molar-refractivity contribution in [3.05, 3.63) is 70.8 Å². The molecule has 1 nitrogen and oxygen atoms in total. The van der Waals surface area contributed by atoms with E-state index in [0.29, 0.717) is 11.8 Å². The lowest BCUT2D eigenvalue weighted by atomic mass is 9.89. The summed E-state index contributed by atoms with van der Waals surface area (Å²) in [4.78, 5) is 13.6. The van der Waals surface area contributed by atoms with E-state index < -0.39 is 0 Å². The highest BCUT2D eigenvalue weighted by atomic mass is 79.9. The summed E-state index contributed by atoms with van der Waals surface area (Å²) in [6.45, 7) is 8.62. The van der Waals surface area contributed by atoms with Crippen LogP contribution in [0.25, 0.3) is 0 Å². The van der Waals surface area contributed by atoms with E-state index in [-0.39, 0.29) is 15.4 Å². The van der Waals surface area contributed by atoms with E-state index in [9.17, 15) is 4.79 Å². The monoisotopic (exact) mass is 450 g/mol. The molecule has 3 heteroatoms. The Morgan fingerprint density at radius 2 is 1.04 bits per heavy atom. The molecule has 0 saturated heterocycles. The van der Waals surface area contributed by atoms with Crippen molar-refractivity contribution in [1.29, 1.82) is 0 Å². The zero-order valence-corrected chi connectivity index (χ0v) is 17.8. The fourth-order valence-corrected chi connectivity index (χ4v) is 3.55. The highest BCUT2D eigenvalue weighted by molar-refractivity contribution is 9.09. The standard InChI is InChI=1S/C21H24Br2O/c1-13(2)19(22)15-9-5-7-11-17(15)21(24)18-12-8-6-10-16(18)20(23)14(3)4/h5-14,19-20H,1-4H3. The van der Waals surface area contributed by atoms with Crippen LogP contribution in [0.1, 0.15) is 64.4 Å². The number of rotatable bonds is 6. The molecule has 0 heterocycles. The van der Waals surface area contributed by atoms with Crippen molar-refractivity contribution in [2.45, 2.75) is 37.3 Å².